The van der Waals surface area contributed by atoms with Gasteiger partial charge in [-0.3, -0.25) is 0 Å². The van der Waals surface area contributed by atoms with Gasteiger partial charge in [-0.1, -0.05) is 12.1 Å². The van der Waals surface area contributed by atoms with Crippen molar-refractivity contribution >= 4 is 11.7 Å². The lowest BCUT2D eigenvalue weighted by Crippen LogP contribution is -2.31. The molecule has 0 spiro atoms. The van der Waals surface area contributed by atoms with Crippen molar-refractivity contribution in [3.63, 3.8) is 0 Å². The molecule has 0 bridgehead atoms. The van der Waals surface area contributed by atoms with Gasteiger partial charge in [0, 0.05) is 31.6 Å². The number of carbonyl (C=O) groups excluding carboxylic acids is 1. The Balaban J connectivity index is 1.74. The molecule has 0 radical (unpaired) electrons. The maximum absolute atomic E-state index is 12.6. The zero-order valence-electron chi connectivity index (χ0n) is 15.8. The topological polar surface area (TPSA) is 74.6 Å². The zero-order valence-corrected chi connectivity index (χ0v) is 15.8. The van der Waals surface area contributed by atoms with Crippen LogP contribution in [-0.2, 0) is 13.0 Å². The van der Waals surface area contributed by atoms with Crippen LogP contribution in [-0.4, -0.2) is 30.7 Å². The third-order valence-electron chi connectivity index (χ3n) is 4.36. The van der Waals surface area contributed by atoms with E-state index >= 15 is 0 Å². The number of urea groups is 1. The van der Waals surface area contributed by atoms with E-state index in [0.29, 0.717) is 30.2 Å². The fraction of sp³-hybridized carbons (Fsp3) is 0.333. The molecule has 1 aliphatic rings. The van der Waals surface area contributed by atoms with E-state index in [0.717, 1.165) is 23.3 Å². The Labute approximate surface area is 159 Å². The lowest BCUT2D eigenvalue weighted by molar-refractivity contribution is 0.220. The van der Waals surface area contributed by atoms with Crippen LogP contribution >= 0.6 is 0 Å². The third kappa shape index (κ3) is 4.32. The molecule has 2 aromatic rings. The molecular formula is C21H23N3O3. The van der Waals surface area contributed by atoms with Crippen LogP contribution in [0.2, 0.25) is 0 Å². The van der Waals surface area contributed by atoms with E-state index in [2.05, 4.69) is 11.4 Å². The number of rotatable bonds is 5. The van der Waals surface area contributed by atoms with Gasteiger partial charge < -0.3 is 19.7 Å². The quantitative estimate of drug-likeness (QED) is 0.871. The number of fused-ring (bicyclic) bond motifs is 1. The standard InChI is InChI=1S/C21H23N3O3/c1-4-26-20-10-17-8-14(2)27-19(17)11-18(20)23-21(25)24(3)13-16-7-5-6-15(9-16)12-22/h5-7,9-11,14H,4,8,13H2,1-3H3,(H,23,25). The molecule has 0 saturated carbocycles. The Morgan fingerprint density at radius 2 is 2.22 bits per heavy atom. The van der Waals surface area contributed by atoms with Crippen LogP contribution in [0.1, 0.15) is 30.5 Å². The van der Waals surface area contributed by atoms with Gasteiger partial charge in [0.05, 0.1) is 23.9 Å². The van der Waals surface area contributed by atoms with E-state index in [1.54, 1.807) is 24.1 Å². The fourth-order valence-corrected chi connectivity index (χ4v) is 3.11. The smallest absolute Gasteiger partial charge is 0.321 e. The summed E-state index contributed by atoms with van der Waals surface area (Å²) in [5.74, 6) is 1.42. The molecule has 1 aliphatic heterocycles. The first-order valence-corrected chi connectivity index (χ1v) is 8.97. The van der Waals surface area contributed by atoms with E-state index in [1.165, 1.54) is 0 Å². The molecule has 3 rings (SSSR count). The maximum Gasteiger partial charge on any atom is 0.321 e. The van der Waals surface area contributed by atoms with Gasteiger partial charge in [-0.15, -0.1) is 0 Å². The molecule has 6 heteroatoms. The highest BCUT2D eigenvalue weighted by Gasteiger charge is 2.23. The minimum atomic E-state index is -0.260. The van der Waals surface area contributed by atoms with Crippen LogP contribution in [0, 0.1) is 11.3 Å². The second-order valence-electron chi connectivity index (χ2n) is 6.62. The number of nitrogens with zero attached hydrogens (tertiary/aromatic N) is 2. The molecule has 140 valence electrons. The number of hydrogen-bond donors (Lipinski definition) is 1. The minimum absolute atomic E-state index is 0.121. The van der Waals surface area contributed by atoms with Gasteiger partial charge >= 0.3 is 6.03 Å². The van der Waals surface area contributed by atoms with Crippen molar-refractivity contribution in [1.82, 2.24) is 4.90 Å². The second kappa shape index (κ2) is 8.00. The Kier molecular flexibility index (Phi) is 5.51. The summed E-state index contributed by atoms with van der Waals surface area (Å²) in [5, 5.41) is 11.9. The molecule has 0 aromatic heterocycles. The highest BCUT2D eigenvalue weighted by Crippen LogP contribution is 2.38. The molecule has 0 saturated heterocycles. The van der Waals surface area contributed by atoms with Gasteiger partial charge in [-0.05, 0) is 37.6 Å². The fourth-order valence-electron chi connectivity index (χ4n) is 3.11. The van der Waals surface area contributed by atoms with Crippen LogP contribution in [0.5, 0.6) is 11.5 Å². The lowest BCUT2D eigenvalue weighted by Gasteiger charge is -2.20. The van der Waals surface area contributed by atoms with Crippen LogP contribution in [0.3, 0.4) is 0 Å². The summed E-state index contributed by atoms with van der Waals surface area (Å²) in [6.45, 7) is 4.83. The Morgan fingerprint density at radius 3 is 2.96 bits per heavy atom. The van der Waals surface area contributed by atoms with Crippen LogP contribution < -0.4 is 14.8 Å². The second-order valence-corrected chi connectivity index (χ2v) is 6.62. The Morgan fingerprint density at radius 1 is 1.41 bits per heavy atom. The summed E-state index contributed by atoms with van der Waals surface area (Å²) in [6, 6.07) is 12.8. The van der Waals surface area contributed by atoms with Crippen molar-refractivity contribution in [2.45, 2.75) is 32.9 Å². The van der Waals surface area contributed by atoms with Gasteiger partial charge in [0.25, 0.3) is 0 Å². The highest BCUT2D eigenvalue weighted by molar-refractivity contribution is 5.91. The molecule has 6 nitrogen and oxygen atoms in total. The first kappa shape index (κ1) is 18.6. The van der Waals surface area contributed by atoms with Crippen molar-refractivity contribution < 1.29 is 14.3 Å². The molecule has 1 atom stereocenters. The SMILES string of the molecule is CCOc1cc2c(cc1NC(=O)N(C)Cc1cccc(C#N)c1)OC(C)C2. The highest BCUT2D eigenvalue weighted by atomic mass is 16.5. The summed E-state index contributed by atoms with van der Waals surface area (Å²) in [7, 11) is 1.71. The van der Waals surface area contributed by atoms with Crippen molar-refractivity contribution in [3.05, 3.63) is 53.1 Å². The normalized spacial score (nSPS) is 14.7. The zero-order chi connectivity index (χ0) is 19.4. The summed E-state index contributed by atoms with van der Waals surface area (Å²) in [5.41, 5.74) is 3.14. The first-order chi connectivity index (χ1) is 13.0. The minimum Gasteiger partial charge on any atom is -0.492 e. The molecule has 1 heterocycles. The van der Waals surface area contributed by atoms with Gasteiger partial charge in [-0.25, -0.2) is 4.79 Å². The lowest BCUT2D eigenvalue weighted by atomic mass is 10.1. The van der Waals surface area contributed by atoms with Gasteiger partial charge in [0.15, 0.2) is 0 Å². The maximum atomic E-state index is 12.6. The molecule has 0 aliphatic carbocycles. The first-order valence-electron chi connectivity index (χ1n) is 8.97. The average Bonchev–Trinajstić information content (AvgIpc) is 3.01. The Bertz CT molecular complexity index is 889. The van der Waals surface area contributed by atoms with E-state index in [9.17, 15) is 4.79 Å². The molecule has 27 heavy (non-hydrogen) atoms. The van der Waals surface area contributed by atoms with E-state index in [-0.39, 0.29) is 12.1 Å². The molecule has 0 fully saturated rings. The van der Waals surface area contributed by atoms with Gasteiger partial charge in [0.2, 0.25) is 0 Å². The summed E-state index contributed by atoms with van der Waals surface area (Å²) >= 11 is 0. The number of nitrogens with one attached hydrogen (secondary N) is 1. The molecular weight excluding hydrogens is 342 g/mol. The monoisotopic (exact) mass is 365 g/mol. The van der Waals surface area contributed by atoms with Crippen molar-refractivity contribution in [2.24, 2.45) is 0 Å². The van der Waals surface area contributed by atoms with Crippen LogP contribution in [0.4, 0.5) is 10.5 Å². The molecule has 2 amide bonds. The number of carbonyl (C=O) groups is 1. The Hall–Kier alpha value is -3.20. The van der Waals surface area contributed by atoms with Gasteiger partial charge in [0.1, 0.15) is 17.6 Å². The largest absolute Gasteiger partial charge is 0.492 e. The van der Waals surface area contributed by atoms with Crippen molar-refractivity contribution in [1.29, 1.82) is 5.26 Å². The van der Waals surface area contributed by atoms with E-state index < -0.39 is 0 Å². The average molecular weight is 365 g/mol. The van der Waals surface area contributed by atoms with E-state index in [4.69, 9.17) is 14.7 Å². The number of benzene rings is 2. The number of ether oxygens (including phenoxy) is 2. The predicted molar refractivity (Wildman–Crippen MR) is 103 cm³/mol. The van der Waals surface area contributed by atoms with Crippen LogP contribution in [0.25, 0.3) is 0 Å². The van der Waals surface area contributed by atoms with Gasteiger partial charge in [-0.2, -0.15) is 5.26 Å². The number of nitriles is 1. The number of hydrogen-bond acceptors (Lipinski definition) is 4. The van der Waals surface area contributed by atoms with Crippen LogP contribution in [0.15, 0.2) is 36.4 Å². The third-order valence-corrected chi connectivity index (χ3v) is 4.36. The summed E-state index contributed by atoms with van der Waals surface area (Å²) in [4.78, 5) is 14.2. The van der Waals surface area contributed by atoms with Crippen molar-refractivity contribution in [3.8, 4) is 17.6 Å². The summed E-state index contributed by atoms with van der Waals surface area (Å²) in [6.07, 6.45) is 0.953. The predicted octanol–water partition coefficient (Wildman–Crippen LogP) is 3.94. The summed E-state index contributed by atoms with van der Waals surface area (Å²) < 4.78 is 11.5. The van der Waals surface area contributed by atoms with Crippen molar-refractivity contribution in [2.75, 3.05) is 19.0 Å². The molecule has 1 N–H and O–H groups in total. The number of amides is 2. The molecule has 2 aromatic carbocycles. The molecule has 1 unspecified atom stereocenters. The number of anilines is 1. The van der Waals surface area contributed by atoms with E-state index in [1.807, 2.05) is 38.1 Å².